The van der Waals surface area contributed by atoms with E-state index in [9.17, 15) is 0 Å². The van der Waals surface area contributed by atoms with Crippen LogP contribution in [0.3, 0.4) is 0 Å². The van der Waals surface area contributed by atoms with Gasteiger partial charge in [-0.05, 0) is 55.7 Å². The number of ether oxygens (including phenoxy) is 2. The van der Waals surface area contributed by atoms with Gasteiger partial charge in [0, 0.05) is 17.8 Å². The van der Waals surface area contributed by atoms with Crippen molar-refractivity contribution >= 4 is 11.4 Å². The molecular formula is C20H25N3O2. The number of benzene rings is 2. The van der Waals surface area contributed by atoms with Gasteiger partial charge in [-0.15, -0.1) is 0 Å². The fourth-order valence-electron chi connectivity index (χ4n) is 3.04. The molecule has 3 rings (SSSR count). The summed E-state index contributed by atoms with van der Waals surface area (Å²) in [6.45, 7) is 4.29. The molecule has 0 saturated heterocycles. The molecule has 0 atom stereocenters. The van der Waals surface area contributed by atoms with Crippen molar-refractivity contribution in [2.24, 2.45) is 5.10 Å². The molecule has 2 N–H and O–H groups in total. The van der Waals surface area contributed by atoms with E-state index in [1.807, 2.05) is 43.3 Å². The predicted molar refractivity (Wildman–Crippen MR) is 101 cm³/mol. The SMILES string of the molecule is CCOc1cc(C2=NN(Cc3cccc(N)c3)CCC2)ccc1OC. The maximum atomic E-state index is 5.87. The van der Waals surface area contributed by atoms with Crippen LogP contribution < -0.4 is 15.2 Å². The molecule has 5 nitrogen and oxygen atoms in total. The Bertz CT molecular complexity index is 758. The van der Waals surface area contributed by atoms with E-state index in [0.29, 0.717) is 6.61 Å². The maximum absolute atomic E-state index is 5.87. The largest absolute Gasteiger partial charge is 0.493 e. The average Bonchev–Trinajstić information content (AvgIpc) is 2.62. The normalized spacial score (nSPS) is 14.2. The van der Waals surface area contributed by atoms with Crippen LogP contribution in [-0.4, -0.2) is 31.0 Å². The molecule has 0 unspecified atom stereocenters. The summed E-state index contributed by atoms with van der Waals surface area (Å²) < 4.78 is 11.1. The zero-order chi connectivity index (χ0) is 17.6. The van der Waals surface area contributed by atoms with Gasteiger partial charge in [0.1, 0.15) is 0 Å². The maximum Gasteiger partial charge on any atom is 0.161 e. The molecule has 0 amide bonds. The Morgan fingerprint density at radius 2 is 2.04 bits per heavy atom. The van der Waals surface area contributed by atoms with Gasteiger partial charge in [-0.1, -0.05) is 12.1 Å². The molecule has 2 aromatic carbocycles. The van der Waals surface area contributed by atoms with E-state index < -0.39 is 0 Å². The number of anilines is 1. The van der Waals surface area contributed by atoms with Crippen molar-refractivity contribution < 1.29 is 9.47 Å². The lowest BCUT2D eigenvalue weighted by molar-refractivity contribution is 0.265. The number of nitrogens with zero attached hydrogens (tertiary/aromatic N) is 2. The van der Waals surface area contributed by atoms with Gasteiger partial charge in [-0.3, -0.25) is 5.01 Å². The molecule has 25 heavy (non-hydrogen) atoms. The van der Waals surface area contributed by atoms with E-state index in [1.165, 1.54) is 5.56 Å². The second-order valence-electron chi connectivity index (χ2n) is 6.08. The van der Waals surface area contributed by atoms with E-state index in [2.05, 4.69) is 11.1 Å². The Balaban J connectivity index is 1.81. The minimum atomic E-state index is 0.605. The minimum Gasteiger partial charge on any atom is -0.493 e. The van der Waals surface area contributed by atoms with Gasteiger partial charge in [-0.2, -0.15) is 5.10 Å². The molecule has 2 aromatic rings. The second kappa shape index (κ2) is 7.92. The Labute approximate surface area is 149 Å². The molecule has 1 heterocycles. The predicted octanol–water partition coefficient (Wildman–Crippen LogP) is 3.68. The van der Waals surface area contributed by atoms with Crippen molar-refractivity contribution in [3.63, 3.8) is 0 Å². The van der Waals surface area contributed by atoms with Crippen molar-refractivity contribution in [3.8, 4) is 11.5 Å². The molecule has 0 spiro atoms. The molecule has 0 fully saturated rings. The molecule has 0 saturated carbocycles. The highest BCUT2D eigenvalue weighted by Crippen LogP contribution is 2.29. The van der Waals surface area contributed by atoms with Crippen LogP contribution in [0.25, 0.3) is 0 Å². The van der Waals surface area contributed by atoms with Gasteiger partial charge in [0.25, 0.3) is 0 Å². The molecule has 1 aliphatic rings. The summed E-state index contributed by atoms with van der Waals surface area (Å²) in [4.78, 5) is 0. The van der Waals surface area contributed by atoms with Crippen LogP contribution in [-0.2, 0) is 6.54 Å². The molecule has 1 aliphatic heterocycles. The molecular weight excluding hydrogens is 314 g/mol. The highest BCUT2D eigenvalue weighted by molar-refractivity contribution is 6.01. The highest BCUT2D eigenvalue weighted by Gasteiger charge is 2.16. The summed E-state index contributed by atoms with van der Waals surface area (Å²) in [5.41, 5.74) is 10.0. The fraction of sp³-hybridized carbons (Fsp3) is 0.350. The smallest absolute Gasteiger partial charge is 0.161 e. The van der Waals surface area contributed by atoms with Crippen LogP contribution >= 0.6 is 0 Å². The summed E-state index contributed by atoms with van der Waals surface area (Å²) in [7, 11) is 1.66. The van der Waals surface area contributed by atoms with Crippen molar-refractivity contribution in [1.29, 1.82) is 0 Å². The van der Waals surface area contributed by atoms with Gasteiger partial charge in [0.15, 0.2) is 11.5 Å². The van der Waals surface area contributed by atoms with Crippen LogP contribution in [0.1, 0.15) is 30.9 Å². The summed E-state index contributed by atoms with van der Waals surface area (Å²) >= 11 is 0. The van der Waals surface area contributed by atoms with Gasteiger partial charge < -0.3 is 15.2 Å². The van der Waals surface area contributed by atoms with Gasteiger partial charge in [0.05, 0.1) is 26.0 Å². The van der Waals surface area contributed by atoms with Gasteiger partial charge in [-0.25, -0.2) is 0 Å². The number of rotatable bonds is 6. The highest BCUT2D eigenvalue weighted by atomic mass is 16.5. The molecule has 132 valence electrons. The van der Waals surface area contributed by atoms with Crippen molar-refractivity contribution in [1.82, 2.24) is 5.01 Å². The summed E-state index contributed by atoms with van der Waals surface area (Å²) in [5, 5.41) is 6.96. The Morgan fingerprint density at radius 3 is 2.80 bits per heavy atom. The quantitative estimate of drug-likeness (QED) is 0.816. The summed E-state index contributed by atoms with van der Waals surface area (Å²) in [5.74, 6) is 1.51. The van der Waals surface area contributed by atoms with Crippen LogP contribution in [0.4, 0.5) is 5.69 Å². The van der Waals surface area contributed by atoms with Crippen LogP contribution in [0.2, 0.25) is 0 Å². The lowest BCUT2D eigenvalue weighted by Gasteiger charge is -2.26. The number of hydrogen-bond donors (Lipinski definition) is 1. The van der Waals surface area contributed by atoms with E-state index in [0.717, 1.165) is 54.4 Å². The van der Waals surface area contributed by atoms with Crippen LogP contribution in [0, 0.1) is 0 Å². The Kier molecular flexibility index (Phi) is 5.43. The third-order valence-corrected chi connectivity index (χ3v) is 4.20. The molecule has 0 radical (unpaired) electrons. The van der Waals surface area contributed by atoms with Crippen molar-refractivity contribution in [2.45, 2.75) is 26.3 Å². The van der Waals surface area contributed by atoms with Crippen molar-refractivity contribution in [2.75, 3.05) is 26.0 Å². The van der Waals surface area contributed by atoms with E-state index in [4.69, 9.17) is 20.3 Å². The van der Waals surface area contributed by atoms with E-state index >= 15 is 0 Å². The number of methoxy groups -OCH3 is 1. The van der Waals surface area contributed by atoms with E-state index in [-0.39, 0.29) is 0 Å². The minimum absolute atomic E-state index is 0.605. The standard InChI is InChI=1S/C20H25N3O2/c1-3-25-20-13-16(9-10-19(20)24-2)18-8-5-11-23(22-18)14-15-6-4-7-17(21)12-15/h4,6-7,9-10,12-13H,3,5,8,11,14,21H2,1-2H3. The van der Waals surface area contributed by atoms with Crippen molar-refractivity contribution in [3.05, 3.63) is 53.6 Å². The number of hydrazone groups is 1. The molecule has 0 bridgehead atoms. The lowest BCUT2D eigenvalue weighted by Crippen LogP contribution is -2.26. The molecule has 5 heteroatoms. The first kappa shape index (κ1) is 17.1. The first-order valence-electron chi connectivity index (χ1n) is 8.67. The lowest BCUT2D eigenvalue weighted by atomic mass is 10.0. The van der Waals surface area contributed by atoms with Gasteiger partial charge in [0.2, 0.25) is 0 Å². The first-order chi connectivity index (χ1) is 12.2. The zero-order valence-electron chi connectivity index (χ0n) is 14.9. The molecule has 0 aliphatic carbocycles. The topological polar surface area (TPSA) is 60.1 Å². The third-order valence-electron chi connectivity index (χ3n) is 4.20. The molecule has 0 aromatic heterocycles. The van der Waals surface area contributed by atoms with Crippen LogP contribution in [0.5, 0.6) is 11.5 Å². The second-order valence-corrected chi connectivity index (χ2v) is 6.08. The first-order valence-corrected chi connectivity index (χ1v) is 8.67. The Hall–Kier alpha value is -2.69. The Morgan fingerprint density at radius 1 is 1.16 bits per heavy atom. The zero-order valence-corrected chi connectivity index (χ0v) is 14.9. The third kappa shape index (κ3) is 4.24. The van der Waals surface area contributed by atoms with E-state index in [1.54, 1.807) is 7.11 Å². The monoisotopic (exact) mass is 339 g/mol. The van der Waals surface area contributed by atoms with Crippen LogP contribution in [0.15, 0.2) is 47.6 Å². The number of nitrogens with two attached hydrogens (primary N) is 1. The summed E-state index contributed by atoms with van der Waals surface area (Å²) in [6.07, 6.45) is 2.04. The van der Waals surface area contributed by atoms with Gasteiger partial charge >= 0.3 is 0 Å². The summed E-state index contributed by atoms with van der Waals surface area (Å²) in [6, 6.07) is 14.0. The fourth-order valence-corrected chi connectivity index (χ4v) is 3.04. The number of hydrogen-bond acceptors (Lipinski definition) is 5. The number of nitrogen functional groups attached to an aromatic ring is 1. The average molecular weight is 339 g/mol.